The molecule has 100 valence electrons. The minimum atomic E-state index is 0.738. The van der Waals surface area contributed by atoms with E-state index in [-0.39, 0.29) is 0 Å². The largest absolute Gasteiger partial charge is 0.236 e. The first kappa shape index (κ1) is 13.8. The van der Waals surface area contributed by atoms with E-state index in [0.717, 1.165) is 31.3 Å². The van der Waals surface area contributed by atoms with Crippen molar-refractivity contribution < 1.29 is 0 Å². The fourth-order valence-electron chi connectivity index (χ4n) is 2.05. The zero-order valence-electron chi connectivity index (χ0n) is 10.7. The average molecular weight is 365 g/mol. The molecule has 0 N–H and O–H groups in total. The fourth-order valence-corrected chi connectivity index (χ4v) is 3.71. The van der Waals surface area contributed by atoms with Crippen LogP contribution in [0, 0.1) is 6.92 Å². The van der Waals surface area contributed by atoms with Gasteiger partial charge in [-0.05, 0) is 25.1 Å². The Bertz CT molecular complexity index is 767. The molecule has 0 saturated heterocycles. The minimum Gasteiger partial charge on any atom is -0.236 e. The molecule has 2 aromatic carbocycles. The zero-order valence-corrected chi connectivity index (χ0v) is 13.9. The molecule has 0 amide bonds. The van der Waals surface area contributed by atoms with Crippen LogP contribution in [0.4, 0.5) is 0 Å². The van der Waals surface area contributed by atoms with Crippen molar-refractivity contribution >= 4 is 38.9 Å². The predicted octanol–water partition coefficient (Wildman–Crippen LogP) is 6.20. The molecule has 0 radical (unpaired) electrons. The molecule has 0 spiro atoms. The quantitative estimate of drug-likeness (QED) is 0.527. The molecular weight excluding hydrogens is 354 g/mol. The number of hydrogen-bond donors (Lipinski definition) is 0. The molecule has 0 aliphatic heterocycles. The first-order valence-electron chi connectivity index (χ1n) is 6.13. The molecule has 0 aliphatic rings. The second-order valence-corrected chi connectivity index (χ2v) is 6.94. The van der Waals surface area contributed by atoms with Crippen molar-refractivity contribution in [2.24, 2.45) is 0 Å². The SMILES string of the molecule is Cc1sc(-c2ccccc2Cl)nc1-c1cccc(Br)c1. The van der Waals surface area contributed by atoms with Crippen LogP contribution in [0.15, 0.2) is 53.0 Å². The van der Waals surface area contributed by atoms with Gasteiger partial charge < -0.3 is 0 Å². The molecule has 1 nitrogen and oxygen atoms in total. The van der Waals surface area contributed by atoms with Crippen molar-refractivity contribution in [3.63, 3.8) is 0 Å². The van der Waals surface area contributed by atoms with E-state index in [2.05, 4.69) is 35.0 Å². The van der Waals surface area contributed by atoms with Gasteiger partial charge in [-0.2, -0.15) is 0 Å². The van der Waals surface area contributed by atoms with Crippen LogP contribution in [0.1, 0.15) is 4.88 Å². The maximum absolute atomic E-state index is 6.25. The van der Waals surface area contributed by atoms with Crippen LogP contribution in [-0.2, 0) is 0 Å². The Balaban J connectivity index is 2.10. The van der Waals surface area contributed by atoms with Gasteiger partial charge in [0, 0.05) is 20.5 Å². The van der Waals surface area contributed by atoms with Crippen molar-refractivity contribution in [1.82, 2.24) is 4.98 Å². The van der Waals surface area contributed by atoms with Gasteiger partial charge in [0.2, 0.25) is 0 Å². The van der Waals surface area contributed by atoms with Crippen LogP contribution >= 0.6 is 38.9 Å². The van der Waals surface area contributed by atoms with Gasteiger partial charge in [0.1, 0.15) is 5.01 Å². The topological polar surface area (TPSA) is 12.9 Å². The van der Waals surface area contributed by atoms with Crippen molar-refractivity contribution in [1.29, 1.82) is 0 Å². The Hall–Kier alpha value is -1.16. The Kier molecular flexibility index (Phi) is 3.92. The number of aromatic nitrogens is 1. The summed E-state index contributed by atoms with van der Waals surface area (Å²) in [5.41, 5.74) is 3.13. The van der Waals surface area contributed by atoms with Gasteiger partial charge in [0.05, 0.1) is 10.7 Å². The molecule has 0 atom stereocenters. The van der Waals surface area contributed by atoms with Crippen molar-refractivity contribution in [3.8, 4) is 21.8 Å². The maximum atomic E-state index is 6.25. The van der Waals surface area contributed by atoms with E-state index < -0.39 is 0 Å². The highest BCUT2D eigenvalue weighted by Gasteiger charge is 2.13. The van der Waals surface area contributed by atoms with E-state index in [0.29, 0.717) is 0 Å². The van der Waals surface area contributed by atoms with Gasteiger partial charge in [-0.3, -0.25) is 0 Å². The molecule has 0 unspecified atom stereocenters. The van der Waals surface area contributed by atoms with Crippen molar-refractivity contribution in [2.75, 3.05) is 0 Å². The lowest BCUT2D eigenvalue weighted by Crippen LogP contribution is -1.82. The molecule has 0 aliphatic carbocycles. The van der Waals surface area contributed by atoms with Crippen LogP contribution in [0.3, 0.4) is 0 Å². The second kappa shape index (κ2) is 5.68. The summed E-state index contributed by atoms with van der Waals surface area (Å²) in [5, 5.41) is 1.70. The number of rotatable bonds is 2. The maximum Gasteiger partial charge on any atom is 0.125 e. The van der Waals surface area contributed by atoms with Crippen LogP contribution in [0.2, 0.25) is 5.02 Å². The van der Waals surface area contributed by atoms with E-state index in [1.165, 1.54) is 4.88 Å². The lowest BCUT2D eigenvalue weighted by atomic mass is 10.1. The molecule has 20 heavy (non-hydrogen) atoms. The average Bonchev–Trinajstić information content (AvgIpc) is 2.81. The van der Waals surface area contributed by atoms with E-state index in [9.17, 15) is 0 Å². The Morgan fingerprint density at radius 3 is 2.65 bits per heavy atom. The third kappa shape index (κ3) is 2.66. The predicted molar refractivity (Wildman–Crippen MR) is 90.4 cm³/mol. The van der Waals surface area contributed by atoms with Crippen LogP contribution in [-0.4, -0.2) is 4.98 Å². The van der Waals surface area contributed by atoms with Crippen LogP contribution in [0.5, 0.6) is 0 Å². The lowest BCUT2D eigenvalue weighted by Gasteiger charge is -2.00. The highest BCUT2D eigenvalue weighted by molar-refractivity contribution is 9.10. The van der Waals surface area contributed by atoms with Gasteiger partial charge in [0.25, 0.3) is 0 Å². The highest BCUT2D eigenvalue weighted by Crippen LogP contribution is 2.36. The third-order valence-electron chi connectivity index (χ3n) is 3.00. The molecule has 4 heteroatoms. The normalized spacial score (nSPS) is 10.8. The number of nitrogens with zero attached hydrogens (tertiary/aromatic N) is 1. The summed E-state index contributed by atoms with van der Waals surface area (Å²) in [5.74, 6) is 0. The number of thiazole rings is 1. The van der Waals surface area contributed by atoms with E-state index in [1.807, 2.05) is 36.4 Å². The second-order valence-electron chi connectivity index (χ2n) is 4.41. The molecule has 3 rings (SSSR count). The van der Waals surface area contributed by atoms with Crippen LogP contribution in [0.25, 0.3) is 21.8 Å². The molecule has 0 saturated carbocycles. The summed E-state index contributed by atoms with van der Waals surface area (Å²) in [6.07, 6.45) is 0. The first-order valence-corrected chi connectivity index (χ1v) is 8.12. The Labute approximate surface area is 135 Å². The van der Waals surface area contributed by atoms with Crippen molar-refractivity contribution in [3.05, 3.63) is 62.9 Å². The molecule has 3 aromatic rings. The molecular formula is C16H11BrClNS. The zero-order chi connectivity index (χ0) is 14.1. The Morgan fingerprint density at radius 2 is 1.90 bits per heavy atom. The van der Waals surface area contributed by atoms with Gasteiger partial charge >= 0.3 is 0 Å². The van der Waals surface area contributed by atoms with E-state index >= 15 is 0 Å². The third-order valence-corrected chi connectivity index (χ3v) is 4.83. The van der Waals surface area contributed by atoms with E-state index in [1.54, 1.807) is 11.3 Å². The number of halogens is 2. The first-order chi connectivity index (χ1) is 9.65. The number of hydrogen-bond acceptors (Lipinski definition) is 2. The fraction of sp³-hybridized carbons (Fsp3) is 0.0625. The number of aryl methyl sites for hydroxylation is 1. The Morgan fingerprint density at radius 1 is 1.10 bits per heavy atom. The monoisotopic (exact) mass is 363 g/mol. The van der Waals surface area contributed by atoms with Gasteiger partial charge in [-0.25, -0.2) is 4.98 Å². The molecule has 1 heterocycles. The molecule has 0 bridgehead atoms. The lowest BCUT2D eigenvalue weighted by molar-refractivity contribution is 1.37. The van der Waals surface area contributed by atoms with E-state index in [4.69, 9.17) is 16.6 Å². The van der Waals surface area contributed by atoms with Gasteiger partial charge in [0.15, 0.2) is 0 Å². The highest BCUT2D eigenvalue weighted by atomic mass is 79.9. The summed E-state index contributed by atoms with van der Waals surface area (Å²) < 4.78 is 1.06. The van der Waals surface area contributed by atoms with Crippen LogP contribution < -0.4 is 0 Å². The standard InChI is InChI=1S/C16H11BrClNS/c1-10-15(11-5-4-6-12(17)9-11)19-16(20-10)13-7-2-3-8-14(13)18/h2-9H,1H3. The summed E-state index contributed by atoms with van der Waals surface area (Å²) in [4.78, 5) is 5.96. The molecule has 0 fully saturated rings. The summed E-state index contributed by atoms with van der Waals surface area (Å²) >= 11 is 11.4. The summed E-state index contributed by atoms with van der Waals surface area (Å²) in [7, 11) is 0. The van der Waals surface area contributed by atoms with Gasteiger partial charge in [-0.15, -0.1) is 11.3 Å². The smallest absolute Gasteiger partial charge is 0.125 e. The summed E-state index contributed by atoms with van der Waals surface area (Å²) in [6, 6.07) is 16.0. The van der Waals surface area contributed by atoms with Crippen molar-refractivity contribution in [2.45, 2.75) is 6.92 Å². The molecule has 1 aromatic heterocycles. The number of benzene rings is 2. The van der Waals surface area contributed by atoms with Gasteiger partial charge in [-0.1, -0.05) is 57.9 Å². The minimum absolute atomic E-state index is 0.738. The summed E-state index contributed by atoms with van der Waals surface area (Å²) in [6.45, 7) is 2.09.